The first kappa shape index (κ1) is 23.0. The van der Waals surface area contributed by atoms with Gasteiger partial charge in [0.1, 0.15) is 11.4 Å². The SMILES string of the molecule is CCNC(=NCc1cccc(C(=O)NC)c1)NCC(C)(O)c1ccco1.I. The van der Waals surface area contributed by atoms with Gasteiger partial charge in [-0.1, -0.05) is 12.1 Å². The first-order chi connectivity index (χ1) is 12.5. The Morgan fingerprint density at radius 3 is 2.67 bits per heavy atom. The van der Waals surface area contributed by atoms with E-state index in [9.17, 15) is 9.90 Å². The molecule has 7 nitrogen and oxygen atoms in total. The van der Waals surface area contributed by atoms with Crippen molar-refractivity contribution in [2.24, 2.45) is 4.99 Å². The van der Waals surface area contributed by atoms with Crippen molar-refractivity contribution in [3.8, 4) is 0 Å². The zero-order chi connectivity index (χ0) is 19.0. The molecule has 2 aromatic rings. The number of aliphatic imine (C=N–C) groups is 1. The number of hydrogen-bond acceptors (Lipinski definition) is 4. The normalized spacial score (nSPS) is 13.3. The summed E-state index contributed by atoms with van der Waals surface area (Å²) in [6, 6.07) is 10.8. The molecule has 1 aromatic heterocycles. The maximum absolute atomic E-state index is 11.7. The third-order valence-electron chi connectivity index (χ3n) is 3.83. The van der Waals surface area contributed by atoms with E-state index < -0.39 is 5.60 Å². The summed E-state index contributed by atoms with van der Waals surface area (Å²) in [7, 11) is 1.60. The Hall–Kier alpha value is -2.07. The van der Waals surface area contributed by atoms with E-state index in [0.717, 1.165) is 5.56 Å². The molecule has 4 N–H and O–H groups in total. The van der Waals surface area contributed by atoms with Gasteiger partial charge in [0.25, 0.3) is 5.91 Å². The quantitative estimate of drug-likeness (QED) is 0.273. The van der Waals surface area contributed by atoms with Crippen LogP contribution in [-0.2, 0) is 12.1 Å². The molecule has 1 aromatic carbocycles. The van der Waals surface area contributed by atoms with Gasteiger partial charge in [0, 0.05) is 19.2 Å². The summed E-state index contributed by atoms with van der Waals surface area (Å²) >= 11 is 0. The Bertz CT molecular complexity index is 745. The molecule has 0 fully saturated rings. The number of furan rings is 1. The average molecular weight is 486 g/mol. The lowest BCUT2D eigenvalue weighted by molar-refractivity contribution is 0.0386. The Labute approximate surface area is 176 Å². The first-order valence-corrected chi connectivity index (χ1v) is 8.56. The number of guanidine groups is 1. The molecule has 0 aliphatic heterocycles. The van der Waals surface area contributed by atoms with E-state index in [1.54, 1.807) is 32.2 Å². The van der Waals surface area contributed by atoms with Crippen LogP contribution in [0.1, 0.15) is 35.5 Å². The molecule has 1 unspecified atom stereocenters. The predicted octanol–water partition coefficient (Wildman–Crippen LogP) is 2.22. The third kappa shape index (κ3) is 6.87. The summed E-state index contributed by atoms with van der Waals surface area (Å²) in [4.78, 5) is 16.2. The fraction of sp³-hybridized carbons (Fsp3) is 0.368. The minimum atomic E-state index is -1.15. The van der Waals surface area contributed by atoms with E-state index in [0.29, 0.717) is 30.4 Å². The molecule has 0 aliphatic carbocycles. The summed E-state index contributed by atoms with van der Waals surface area (Å²) in [5, 5.41) is 19.4. The molecule has 1 amide bonds. The van der Waals surface area contributed by atoms with Crippen LogP contribution in [0, 0.1) is 0 Å². The lowest BCUT2D eigenvalue weighted by Crippen LogP contribution is -2.44. The monoisotopic (exact) mass is 486 g/mol. The van der Waals surface area contributed by atoms with Crippen LogP contribution in [0.4, 0.5) is 0 Å². The standard InChI is InChI=1S/C19H26N4O3.HI/c1-4-21-18(23-13-19(2,25)16-9-6-10-26-16)22-12-14-7-5-8-15(11-14)17(24)20-3;/h5-11,25H,4,12-13H2,1-3H3,(H,20,24)(H2,21,22,23);1H. The predicted molar refractivity (Wildman–Crippen MR) is 116 cm³/mol. The van der Waals surface area contributed by atoms with E-state index in [1.165, 1.54) is 6.26 Å². The molecule has 2 rings (SSSR count). The Morgan fingerprint density at radius 1 is 1.26 bits per heavy atom. The fourth-order valence-electron chi connectivity index (χ4n) is 2.40. The molecular weight excluding hydrogens is 459 g/mol. The lowest BCUT2D eigenvalue weighted by Gasteiger charge is -2.22. The molecule has 1 heterocycles. The van der Waals surface area contributed by atoms with Gasteiger partial charge in [0.2, 0.25) is 0 Å². The van der Waals surface area contributed by atoms with E-state index >= 15 is 0 Å². The van der Waals surface area contributed by atoms with Crippen molar-refractivity contribution in [3.63, 3.8) is 0 Å². The number of carbonyl (C=O) groups excluding carboxylic acids is 1. The maximum atomic E-state index is 11.7. The molecule has 0 saturated heterocycles. The smallest absolute Gasteiger partial charge is 0.251 e. The summed E-state index contributed by atoms with van der Waals surface area (Å²) < 4.78 is 5.28. The third-order valence-corrected chi connectivity index (χ3v) is 3.83. The number of aliphatic hydroxyl groups is 1. The minimum Gasteiger partial charge on any atom is -0.466 e. The number of benzene rings is 1. The van der Waals surface area contributed by atoms with E-state index in [2.05, 4.69) is 20.9 Å². The average Bonchev–Trinajstić information content (AvgIpc) is 3.19. The van der Waals surface area contributed by atoms with Crippen molar-refractivity contribution in [1.82, 2.24) is 16.0 Å². The van der Waals surface area contributed by atoms with Crippen molar-refractivity contribution in [1.29, 1.82) is 0 Å². The van der Waals surface area contributed by atoms with Crippen LogP contribution in [0.5, 0.6) is 0 Å². The topological polar surface area (TPSA) is 98.9 Å². The van der Waals surface area contributed by atoms with E-state index in [-0.39, 0.29) is 36.4 Å². The summed E-state index contributed by atoms with van der Waals surface area (Å²) in [6.45, 7) is 4.98. The van der Waals surface area contributed by atoms with Crippen LogP contribution < -0.4 is 16.0 Å². The van der Waals surface area contributed by atoms with E-state index in [1.807, 2.05) is 25.1 Å². The van der Waals surface area contributed by atoms with E-state index in [4.69, 9.17) is 4.42 Å². The van der Waals surface area contributed by atoms with Crippen LogP contribution >= 0.6 is 24.0 Å². The number of amides is 1. The highest BCUT2D eigenvalue weighted by Crippen LogP contribution is 2.19. The van der Waals surface area contributed by atoms with Crippen LogP contribution in [0.25, 0.3) is 0 Å². The van der Waals surface area contributed by atoms with Gasteiger partial charge < -0.3 is 25.5 Å². The van der Waals surface area contributed by atoms with Gasteiger partial charge in [-0.25, -0.2) is 4.99 Å². The largest absolute Gasteiger partial charge is 0.466 e. The summed E-state index contributed by atoms with van der Waals surface area (Å²) in [5.74, 6) is 0.930. The number of carbonyl (C=O) groups is 1. The van der Waals surface area contributed by atoms with Gasteiger partial charge in [-0.05, 0) is 43.7 Å². The van der Waals surface area contributed by atoms with Gasteiger partial charge in [-0.2, -0.15) is 0 Å². The highest BCUT2D eigenvalue weighted by atomic mass is 127. The Kier molecular flexibility index (Phi) is 9.30. The second-order valence-electron chi connectivity index (χ2n) is 6.08. The van der Waals surface area contributed by atoms with Crippen molar-refractivity contribution in [2.75, 3.05) is 20.1 Å². The van der Waals surface area contributed by atoms with Crippen molar-refractivity contribution in [3.05, 3.63) is 59.5 Å². The van der Waals surface area contributed by atoms with Crippen molar-refractivity contribution in [2.45, 2.75) is 26.0 Å². The van der Waals surface area contributed by atoms with Gasteiger partial charge in [0.15, 0.2) is 5.96 Å². The number of hydrogen-bond donors (Lipinski definition) is 4. The number of nitrogens with one attached hydrogen (secondary N) is 3. The summed E-state index contributed by atoms with van der Waals surface area (Å²) in [6.07, 6.45) is 1.53. The van der Waals surface area contributed by atoms with Crippen LogP contribution in [-0.4, -0.2) is 37.1 Å². The second-order valence-corrected chi connectivity index (χ2v) is 6.08. The molecule has 1 atom stereocenters. The molecule has 0 radical (unpaired) electrons. The molecule has 8 heteroatoms. The Balaban J connectivity index is 0.00000364. The molecule has 0 aliphatic rings. The van der Waals surface area contributed by atoms with Crippen LogP contribution in [0.2, 0.25) is 0 Å². The van der Waals surface area contributed by atoms with Crippen LogP contribution in [0.15, 0.2) is 52.1 Å². The van der Waals surface area contributed by atoms with Gasteiger partial charge in [0.05, 0.1) is 19.4 Å². The number of nitrogens with zero attached hydrogens (tertiary/aromatic N) is 1. The highest BCUT2D eigenvalue weighted by molar-refractivity contribution is 14.0. The van der Waals surface area contributed by atoms with Gasteiger partial charge in [-0.15, -0.1) is 24.0 Å². The molecule has 0 spiro atoms. The molecule has 0 bridgehead atoms. The number of halogens is 1. The fourth-order valence-corrected chi connectivity index (χ4v) is 2.40. The Morgan fingerprint density at radius 2 is 2.04 bits per heavy atom. The molecule has 27 heavy (non-hydrogen) atoms. The molecule has 0 saturated carbocycles. The first-order valence-electron chi connectivity index (χ1n) is 8.56. The lowest BCUT2D eigenvalue weighted by atomic mass is 10.0. The van der Waals surface area contributed by atoms with Crippen molar-refractivity contribution < 1.29 is 14.3 Å². The molecule has 148 valence electrons. The van der Waals surface area contributed by atoms with Gasteiger partial charge >= 0.3 is 0 Å². The maximum Gasteiger partial charge on any atom is 0.251 e. The van der Waals surface area contributed by atoms with Crippen LogP contribution in [0.3, 0.4) is 0 Å². The summed E-state index contributed by atoms with van der Waals surface area (Å²) in [5.41, 5.74) is 0.360. The second kappa shape index (κ2) is 10.9. The molecular formula is C19H27IN4O3. The number of rotatable bonds is 7. The van der Waals surface area contributed by atoms with Gasteiger partial charge in [-0.3, -0.25) is 4.79 Å². The minimum absolute atomic E-state index is 0. The highest BCUT2D eigenvalue weighted by Gasteiger charge is 2.26. The zero-order valence-corrected chi connectivity index (χ0v) is 18.1. The zero-order valence-electron chi connectivity index (χ0n) is 15.8. The van der Waals surface area contributed by atoms with Crippen molar-refractivity contribution >= 4 is 35.8 Å².